The Morgan fingerprint density at radius 3 is 2.79 bits per heavy atom. The summed E-state index contributed by atoms with van der Waals surface area (Å²) in [5.74, 6) is -0.783. The highest BCUT2D eigenvalue weighted by molar-refractivity contribution is 6.02. The Bertz CT molecular complexity index is 1530. The first-order valence-electron chi connectivity index (χ1n) is 12.4. The van der Waals surface area contributed by atoms with Crippen LogP contribution >= 0.6 is 0 Å². The third-order valence-corrected chi connectivity index (χ3v) is 6.89. The number of phenolic OH excluding ortho intramolecular Hbond substituents is 1. The van der Waals surface area contributed by atoms with Crippen LogP contribution in [0.2, 0.25) is 0 Å². The number of nitrogens with two attached hydrogens (primary N) is 1. The number of amides is 1. The van der Waals surface area contributed by atoms with Crippen molar-refractivity contribution in [3.05, 3.63) is 72.4 Å². The summed E-state index contributed by atoms with van der Waals surface area (Å²) in [5, 5.41) is 15.3. The van der Waals surface area contributed by atoms with E-state index >= 15 is 0 Å². The Hall–Kier alpha value is -4.51. The van der Waals surface area contributed by atoms with Gasteiger partial charge in [0.25, 0.3) is 5.91 Å². The summed E-state index contributed by atoms with van der Waals surface area (Å²) in [5.41, 5.74) is 9.25. The number of ether oxygens (including phenoxy) is 1. The Morgan fingerprint density at radius 1 is 1.16 bits per heavy atom. The van der Waals surface area contributed by atoms with Crippen molar-refractivity contribution in [1.29, 1.82) is 0 Å². The van der Waals surface area contributed by atoms with Crippen LogP contribution in [-0.2, 0) is 16.0 Å². The minimum absolute atomic E-state index is 0.144. The zero-order valence-electron chi connectivity index (χ0n) is 20.5. The van der Waals surface area contributed by atoms with E-state index < -0.39 is 5.82 Å². The van der Waals surface area contributed by atoms with Gasteiger partial charge in [0.15, 0.2) is 5.65 Å². The van der Waals surface area contributed by atoms with Crippen LogP contribution in [0.3, 0.4) is 0 Å². The molecule has 0 saturated carbocycles. The molecule has 38 heavy (non-hydrogen) atoms. The number of nitrogens with zero attached hydrogens (tertiary/aromatic N) is 6. The number of anilines is 2. The summed E-state index contributed by atoms with van der Waals surface area (Å²) >= 11 is 0. The molecule has 1 unspecified atom stereocenters. The maximum atomic E-state index is 14.2. The molecule has 1 fully saturated rings. The lowest BCUT2D eigenvalue weighted by atomic mass is 9.97. The highest BCUT2D eigenvalue weighted by Gasteiger charge is 2.31. The minimum Gasteiger partial charge on any atom is -0.508 e. The number of aromatic hydroxyl groups is 1. The topological polar surface area (TPSA) is 123 Å². The molecule has 0 aliphatic carbocycles. The summed E-state index contributed by atoms with van der Waals surface area (Å²) in [6.45, 7) is 3.09. The van der Waals surface area contributed by atoms with Gasteiger partial charge in [0.2, 0.25) is 0 Å². The van der Waals surface area contributed by atoms with Crippen LogP contribution < -0.4 is 10.6 Å². The van der Waals surface area contributed by atoms with Crippen LogP contribution in [0.15, 0.2) is 61.1 Å². The summed E-state index contributed by atoms with van der Waals surface area (Å²) in [6, 6.07) is 11.2. The van der Waals surface area contributed by atoms with Crippen molar-refractivity contribution in [2.24, 2.45) is 0 Å². The first-order chi connectivity index (χ1) is 18.5. The number of carbonyl (C=O) groups excluding carboxylic acids is 1. The average molecular weight is 516 g/mol. The molecule has 2 aliphatic rings. The normalized spacial score (nSPS) is 17.8. The van der Waals surface area contributed by atoms with Crippen LogP contribution in [0.5, 0.6) is 5.75 Å². The molecule has 2 aliphatic heterocycles. The van der Waals surface area contributed by atoms with Gasteiger partial charge in [-0.25, -0.2) is 19.0 Å². The largest absolute Gasteiger partial charge is 0.508 e. The van der Waals surface area contributed by atoms with Crippen molar-refractivity contribution in [3.63, 3.8) is 0 Å². The van der Waals surface area contributed by atoms with Crippen LogP contribution in [0.25, 0.3) is 22.3 Å². The van der Waals surface area contributed by atoms with Crippen LogP contribution in [0, 0.1) is 5.82 Å². The van der Waals surface area contributed by atoms with Gasteiger partial charge in [-0.15, -0.1) is 0 Å². The maximum Gasteiger partial charge on any atom is 0.252 e. The highest BCUT2D eigenvalue weighted by Crippen LogP contribution is 2.37. The van der Waals surface area contributed by atoms with E-state index in [0.29, 0.717) is 48.5 Å². The molecule has 0 bridgehead atoms. The standard InChI is InChI=1S/C27H26FN7O3/c28-19-11-18(13-21(36)14-19)25-24-26(29)30-16-31-27(24)35(32-25)20-12-17-3-1-2-4-22(17)34(15-20)23(37)5-6-33-7-9-38-10-8-33/h1-6,11,13-14,16,20,36H,7-10,12,15H2,(H2,29,30,31)/b6-5+. The molecular weight excluding hydrogens is 489 g/mol. The van der Waals surface area contributed by atoms with E-state index in [4.69, 9.17) is 15.6 Å². The number of hydrogen-bond acceptors (Lipinski definition) is 8. The lowest BCUT2D eigenvalue weighted by molar-refractivity contribution is -0.114. The molecule has 1 saturated heterocycles. The van der Waals surface area contributed by atoms with Gasteiger partial charge in [-0.05, 0) is 30.2 Å². The second-order valence-electron chi connectivity index (χ2n) is 9.35. The quantitative estimate of drug-likeness (QED) is 0.398. The van der Waals surface area contributed by atoms with Crippen LogP contribution in [0.1, 0.15) is 11.6 Å². The highest BCUT2D eigenvalue weighted by atomic mass is 19.1. The van der Waals surface area contributed by atoms with Crippen LogP contribution in [-0.4, -0.2) is 68.5 Å². The average Bonchev–Trinajstić information content (AvgIpc) is 3.32. The van der Waals surface area contributed by atoms with Gasteiger partial charge >= 0.3 is 0 Å². The van der Waals surface area contributed by atoms with Gasteiger partial charge in [-0.2, -0.15) is 5.10 Å². The Morgan fingerprint density at radius 2 is 1.97 bits per heavy atom. The van der Waals surface area contributed by atoms with Crippen molar-refractivity contribution in [3.8, 4) is 17.0 Å². The summed E-state index contributed by atoms with van der Waals surface area (Å²) in [6.07, 6.45) is 5.37. The predicted molar refractivity (Wildman–Crippen MR) is 140 cm³/mol. The number of para-hydroxylation sites is 1. The number of hydrogen-bond donors (Lipinski definition) is 2. The molecule has 4 aromatic rings. The van der Waals surface area contributed by atoms with Gasteiger partial charge in [0.1, 0.15) is 29.4 Å². The Kier molecular flexibility index (Phi) is 6.12. The van der Waals surface area contributed by atoms with Gasteiger partial charge in [-0.1, -0.05) is 18.2 Å². The first-order valence-corrected chi connectivity index (χ1v) is 12.4. The number of fused-ring (bicyclic) bond motifs is 2. The fourth-order valence-electron chi connectivity index (χ4n) is 5.10. The summed E-state index contributed by atoms with van der Waals surface area (Å²) < 4.78 is 21.3. The molecular formula is C27H26FN7O3. The number of aromatic nitrogens is 4. The lowest BCUT2D eigenvalue weighted by Crippen LogP contribution is -2.41. The summed E-state index contributed by atoms with van der Waals surface area (Å²) in [7, 11) is 0. The first kappa shape index (κ1) is 23.9. The number of rotatable bonds is 4. The van der Waals surface area contributed by atoms with E-state index in [1.54, 1.807) is 15.7 Å². The molecule has 0 spiro atoms. The number of morpholine rings is 1. The molecule has 1 atom stereocenters. The van der Waals surface area contributed by atoms with Crippen molar-refractivity contribution >= 4 is 28.4 Å². The van der Waals surface area contributed by atoms with Gasteiger partial charge < -0.3 is 25.4 Å². The molecule has 194 valence electrons. The third kappa shape index (κ3) is 4.41. The van der Waals surface area contributed by atoms with Crippen molar-refractivity contribution in [1.82, 2.24) is 24.6 Å². The van der Waals surface area contributed by atoms with Gasteiger partial charge in [0, 0.05) is 49.2 Å². The number of carbonyl (C=O) groups is 1. The number of nitrogen functional groups attached to an aromatic ring is 1. The SMILES string of the molecule is Nc1ncnc2c1c(-c1cc(O)cc(F)c1)nn2C1Cc2ccccc2N(C(=O)/C=C/N2CCOCC2)C1. The fraction of sp³-hybridized carbons (Fsp3) is 0.259. The predicted octanol–water partition coefficient (Wildman–Crippen LogP) is 2.90. The van der Waals surface area contributed by atoms with Crippen molar-refractivity contribution in [2.45, 2.75) is 12.5 Å². The lowest BCUT2D eigenvalue weighted by Gasteiger charge is -2.34. The molecule has 6 rings (SSSR count). The van der Waals surface area contributed by atoms with E-state index in [1.807, 2.05) is 30.5 Å². The van der Waals surface area contributed by atoms with E-state index in [2.05, 4.69) is 14.9 Å². The fourth-order valence-corrected chi connectivity index (χ4v) is 5.10. The van der Waals surface area contributed by atoms with E-state index in [9.17, 15) is 14.3 Å². The zero-order chi connectivity index (χ0) is 26.2. The Labute approximate surface area is 217 Å². The summed E-state index contributed by atoms with van der Waals surface area (Å²) in [4.78, 5) is 25.8. The number of phenols is 1. The van der Waals surface area contributed by atoms with E-state index in [-0.39, 0.29) is 23.5 Å². The van der Waals surface area contributed by atoms with Crippen molar-refractivity contribution in [2.75, 3.05) is 43.5 Å². The van der Waals surface area contributed by atoms with E-state index in [1.165, 1.54) is 18.5 Å². The number of halogens is 1. The zero-order valence-corrected chi connectivity index (χ0v) is 20.5. The van der Waals surface area contributed by atoms with Crippen LogP contribution in [0.4, 0.5) is 15.9 Å². The second kappa shape index (κ2) is 9.75. The molecule has 0 radical (unpaired) electrons. The molecule has 11 heteroatoms. The van der Waals surface area contributed by atoms with Gasteiger partial charge in [-0.3, -0.25) is 4.79 Å². The third-order valence-electron chi connectivity index (χ3n) is 6.89. The monoisotopic (exact) mass is 515 g/mol. The molecule has 4 heterocycles. The van der Waals surface area contributed by atoms with Gasteiger partial charge in [0.05, 0.1) is 24.6 Å². The van der Waals surface area contributed by atoms with Crippen molar-refractivity contribution < 1.29 is 19.0 Å². The Balaban J connectivity index is 1.40. The molecule has 3 N–H and O–H groups in total. The second-order valence-corrected chi connectivity index (χ2v) is 9.35. The molecule has 1 amide bonds. The maximum absolute atomic E-state index is 14.2. The smallest absolute Gasteiger partial charge is 0.252 e. The molecule has 2 aromatic carbocycles. The molecule has 2 aromatic heterocycles. The minimum atomic E-state index is -0.603. The number of benzene rings is 2. The molecule has 10 nitrogen and oxygen atoms in total. The van der Waals surface area contributed by atoms with E-state index in [0.717, 1.165) is 30.4 Å².